The molecule has 2 N–H and O–H groups in total. The van der Waals surface area contributed by atoms with E-state index in [4.69, 9.17) is 16.7 Å². The van der Waals surface area contributed by atoms with Crippen LogP contribution in [0.5, 0.6) is 0 Å². The van der Waals surface area contributed by atoms with Gasteiger partial charge >= 0.3 is 5.97 Å². The van der Waals surface area contributed by atoms with Crippen LogP contribution in [-0.4, -0.2) is 17.0 Å². The smallest absolute Gasteiger partial charge is 0.306 e. The van der Waals surface area contributed by atoms with Gasteiger partial charge in [0, 0.05) is 10.4 Å². The predicted octanol–water partition coefficient (Wildman–Crippen LogP) is 3.54. The Hall–Kier alpha value is -1.07. The molecule has 0 aromatic heterocycles. The van der Waals surface area contributed by atoms with E-state index in [0.29, 0.717) is 30.0 Å². The van der Waals surface area contributed by atoms with E-state index in [9.17, 15) is 9.59 Å². The summed E-state index contributed by atoms with van der Waals surface area (Å²) in [6, 6.07) is 5.20. The van der Waals surface area contributed by atoms with Gasteiger partial charge in [-0.25, -0.2) is 0 Å². The molecule has 0 heterocycles. The van der Waals surface area contributed by atoms with Crippen LogP contribution in [0, 0.1) is 11.8 Å². The Bertz CT molecular complexity index is 521. The Morgan fingerprint density at radius 2 is 2.00 bits per heavy atom. The average molecular weight is 347 g/mol. The number of carbonyl (C=O) groups excluding carboxylic acids is 1. The van der Waals surface area contributed by atoms with Crippen molar-refractivity contribution in [1.29, 1.82) is 0 Å². The molecule has 0 spiro atoms. The zero-order valence-corrected chi connectivity index (χ0v) is 12.4. The Morgan fingerprint density at radius 3 is 2.58 bits per heavy atom. The van der Waals surface area contributed by atoms with Crippen LogP contribution < -0.4 is 5.32 Å². The molecule has 6 heteroatoms. The number of hydrogen-bond acceptors (Lipinski definition) is 2. The van der Waals surface area contributed by atoms with E-state index in [1.165, 1.54) is 0 Å². The minimum absolute atomic E-state index is 0.159. The molecule has 2 atom stereocenters. The number of nitrogens with one attached hydrogen (secondary N) is 1. The molecule has 102 valence electrons. The van der Waals surface area contributed by atoms with Crippen LogP contribution in [-0.2, 0) is 9.59 Å². The molecule has 2 rings (SSSR count). The van der Waals surface area contributed by atoms with Crippen molar-refractivity contribution in [3.63, 3.8) is 0 Å². The summed E-state index contributed by atoms with van der Waals surface area (Å²) < 4.78 is 0.835. The first-order chi connectivity index (χ1) is 8.97. The third-order valence-corrected chi connectivity index (χ3v) is 4.15. The van der Waals surface area contributed by atoms with Crippen molar-refractivity contribution in [2.45, 2.75) is 19.3 Å². The summed E-state index contributed by atoms with van der Waals surface area (Å²) in [6.45, 7) is 0. The maximum Gasteiger partial charge on any atom is 0.306 e. The summed E-state index contributed by atoms with van der Waals surface area (Å²) >= 11 is 9.31. The van der Waals surface area contributed by atoms with E-state index >= 15 is 0 Å². The maximum absolute atomic E-state index is 12.0. The standard InChI is InChI=1S/C13H13BrClNO3/c14-9-3-4-11(10(15)6-9)16-12(17)7-1-2-8(5-7)13(18)19/h3-4,6-8H,1-2,5H2,(H,16,17)(H,18,19). The summed E-state index contributed by atoms with van der Waals surface area (Å²) in [7, 11) is 0. The molecule has 0 saturated heterocycles. The second-order valence-electron chi connectivity index (χ2n) is 4.66. The van der Waals surface area contributed by atoms with E-state index in [1.54, 1.807) is 18.2 Å². The molecular formula is C13H13BrClNO3. The molecule has 1 amide bonds. The highest BCUT2D eigenvalue weighted by Gasteiger charge is 2.33. The quantitative estimate of drug-likeness (QED) is 0.879. The number of carboxylic acids is 1. The molecule has 4 nitrogen and oxygen atoms in total. The molecule has 1 aromatic carbocycles. The number of anilines is 1. The Kier molecular flexibility index (Phi) is 4.47. The predicted molar refractivity (Wildman–Crippen MR) is 76.2 cm³/mol. The Balaban J connectivity index is 2.00. The van der Waals surface area contributed by atoms with Gasteiger partial charge in [0.05, 0.1) is 16.6 Å². The highest BCUT2D eigenvalue weighted by atomic mass is 79.9. The van der Waals surface area contributed by atoms with Gasteiger partial charge in [-0.2, -0.15) is 0 Å². The number of rotatable bonds is 3. The van der Waals surface area contributed by atoms with Crippen molar-refractivity contribution in [2.24, 2.45) is 11.8 Å². The molecule has 1 aliphatic carbocycles. The fourth-order valence-corrected chi connectivity index (χ4v) is 2.99. The summed E-state index contributed by atoms with van der Waals surface area (Å²) in [5.74, 6) is -1.64. The summed E-state index contributed by atoms with van der Waals surface area (Å²) in [5.41, 5.74) is 0.550. The molecule has 1 aliphatic rings. The Labute approximate surface area is 124 Å². The lowest BCUT2D eigenvalue weighted by Gasteiger charge is -2.12. The van der Waals surface area contributed by atoms with Gasteiger partial charge in [0.1, 0.15) is 0 Å². The van der Waals surface area contributed by atoms with Gasteiger partial charge in [0.15, 0.2) is 0 Å². The SMILES string of the molecule is O=C(O)C1CCC(C(=O)Nc2ccc(Br)cc2Cl)C1. The van der Waals surface area contributed by atoms with E-state index in [2.05, 4.69) is 21.2 Å². The molecule has 0 bridgehead atoms. The van der Waals surface area contributed by atoms with Crippen LogP contribution in [0.1, 0.15) is 19.3 Å². The third kappa shape index (κ3) is 3.48. The highest BCUT2D eigenvalue weighted by molar-refractivity contribution is 9.10. The minimum Gasteiger partial charge on any atom is -0.481 e. The zero-order chi connectivity index (χ0) is 14.0. The monoisotopic (exact) mass is 345 g/mol. The van der Waals surface area contributed by atoms with Crippen molar-refractivity contribution in [2.75, 3.05) is 5.32 Å². The molecule has 0 radical (unpaired) electrons. The average Bonchev–Trinajstić information content (AvgIpc) is 2.82. The fraction of sp³-hybridized carbons (Fsp3) is 0.385. The number of carbonyl (C=O) groups is 2. The van der Waals surface area contributed by atoms with Crippen LogP contribution in [0.2, 0.25) is 5.02 Å². The van der Waals surface area contributed by atoms with Crippen molar-refractivity contribution >= 4 is 45.1 Å². The molecule has 1 saturated carbocycles. The minimum atomic E-state index is -0.822. The fourth-order valence-electron chi connectivity index (χ4n) is 2.27. The molecule has 1 fully saturated rings. The Morgan fingerprint density at radius 1 is 1.32 bits per heavy atom. The van der Waals surface area contributed by atoms with Crippen LogP contribution in [0.3, 0.4) is 0 Å². The maximum atomic E-state index is 12.0. The number of halogens is 2. The summed E-state index contributed by atoms with van der Waals surface area (Å²) in [5, 5.41) is 12.1. The number of aliphatic carboxylic acids is 1. The van der Waals surface area contributed by atoms with Crippen molar-refractivity contribution < 1.29 is 14.7 Å². The molecule has 0 aliphatic heterocycles. The first kappa shape index (κ1) is 14.3. The lowest BCUT2D eigenvalue weighted by Crippen LogP contribution is -2.21. The molecule has 1 aromatic rings. The lowest BCUT2D eigenvalue weighted by molar-refractivity contribution is -0.141. The van der Waals surface area contributed by atoms with E-state index < -0.39 is 11.9 Å². The number of carboxylic acid groups (broad SMARTS) is 1. The molecular weight excluding hydrogens is 334 g/mol. The van der Waals surface area contributed by atoms with Crippen LogP contribution in [0.25, 0.3) is 0 Å². The van der Waals surface area contributed by atoms with Gasteiger partial charge in [-0.3, -0.25) is 9.59 Å². The van der Waals surface area contributed by atoms with Crippen molar-refractivity contribution in [3.8, 4) is 0 Å². The zero-order valence-electron chi connectivity index (χ0n) is 10.0. The second kappa shape index (κ2) is 5.92. The van der Waals surface area contributed by atoms with Gasteiger partial charge in [-0.1, -0.05) is 27.5 Å². The van der Waals surface area contributed by atoms with Crippen molar-refractivity contribution in [1.82, 2.24) is 0 Å². The van der Waals surface area contributed by atoms with Crippen LogP contribution >= 0.6 is 27.5 Å². The van der Waals surface area contributed by atoms with E-state index in [-0.39, 0.29) is 11.8 Å². The van der Waals surface area contributed by atoms with E-state index in [0.717, 1.165) is 4.47 Å². The third-order valence-electron chi connectivity index (χ3n) is 3.34. The summed E-state index contributed by atoms with van der Waals surface area (Å²) in [6.07, 6.45) is 1.56. The first-order valence-electron chi connectivity index (χ1n) is 5.96. The van der Waals surface area contributed by atoms with Crippen LogP contribution in [0.15, 0.2) is 22.7 Å². The van der Waals surface area contributed by atoms with Gasteiger partial charge < -0.3 is 10.4 Å². The van der Waals surface area contributed by atoms with Gasteiger partial charge in [0.2, 0.25) is 5.91 Å². The molecule has 2 unspecified atom stereocenters. The largest absolute Gasteiger partial charge is 0.481 e. The topological polar surface area (TPSA) is 66.4 Å². The van der Waals surface area contributed by atoms with Gasteiger partial charge in [-0.05, 0) is 37.5 Å². The highest BCUT2D eigenvalue weighted by Crippen LogP contribution is 2.33. The normalized spacial score (nSPS) is 22.2. The lowest BCUT2D eigenvalue weighted by atomic mass is 10.0. The molecule has 19 heavy (non-hydrogen) atoms. The number of hydrogen-bond donors (Lipinski definition) is 2. The summed E-state index contributed by atoms with van der Waals surface area (Å²) in [4.78, 5) is 22.9. The number of benzene rings is 1. The van der Waals surface area contributed by atoms with Crippen LogP contribution in [0.4, 0.5) is 5.69 Å². The van der Waals surface area contributed by atoms with E-state index in [1.807, 2.05) is 0 Å². The van der Waals surface area contributed by atoms with Crippen molar-refractivity contribution in [3.05, 3.63) is 27.7 Å². The van der Waals surface area contributed by atoms with Gasteiger partial charge in [0.25, 0.3) is 0 Å². The first-order valence-corrected chi connectivity index (χ1v) is 7.13. The number of amides is 1. The second-order valence-corrected chi connectivity index (χ2v) is 5.98. The van der Waals surface area contributed by atoms with Gasteiger partial charge in [-0.15, -0.1) is 0 Å².